The molecule has 90 valence electrons. The van der Waals surface area contributed by atoms with E-state index >= 15 is 0 Å². The fourth-order valence-electron chi connectivity index (χ4n) is 2.36. The molecule has 1 aliphatic heterocycles. The van der Waals surface area contributed by atoms with Crippen LogP contribution in [0.5, 0.6) is 0 Å². The van der Waals surface area contributed by atoms with Crippen LogP contribution in [-0.2, 0) is 4.79 Å². The first kappa shape index (κ1) is 11.9. The van der Waals surface area contributed by atoms with Crippen molar-refractivity contribution >= 4 is 13.0 Å². The molecule has 0 bridgehead atoms. The second-order valence-corrected chi connectivity index (χ2v) is 5.29. The van der Waals surface area contributed by atoms with E-state index < -0.39 is 19.1 Å². The normalized spacial score (nSPS) is 29.0. The number of hydrogen-bond donors (Lipinski definition) is 3. The minimum absolute atomic E-state index is 0.0648. The van der Waals surface area contributed by atoms with Crippen molar-refractivity contribution in [2.75, 3.05) is 6.54 Å². The first-order valence-corrected chi connectivity index (χ1v) is 5.88. The average Bonchev–Trinajstić information content (AvgIpc) is 2.83. The van der Waals surface area contributed by atoms with E-state index in [1.807, 2.05) is 6.92 Å². The van der Waals surface area contributed by atoms with E-state index in [1.54, 1.807) is 4.90 Å². The van der Waals surface area contributed by atoms with Gasteiger partial charge in [0.05, 0.1) is 12.0 Å². The Morgan fingerprint density at radius 3 is 2.69 bits per heavy atom. The second-order valence-electron chi connectivity index (χ2n) is 5.29. The molecule has 0 aromatic rings. The number of nitrogens with two attached hydrogens (primary N) is 1. The molecule has 4 N–H and O–H groups in total. The summed E-state index contributed by atoms with van der Waals surface area (Å²) in [5.41, 5.74) is 5.88. The van der Waals surface area contributed by atoms with Crippen LogP contribution in [0.2, 0.25) is 0 Å². The molecule has 1 saturated carbocycles. The van der Waals surface area contributed by atoms with Crippen LogP contribution in [0.25, 0.3) is 0 Å². The lowest BCUT2D eigenvalue weighted by Crippen LogP contribution is -2.53. The Hall–Kier alpha value is -0.585. The second kappa shape index (κ2) is 4.02. The van der Waals surface area contributed by atoms with Gasteiger partial charge in [-0.25, -0.2) is 0 Å². The van der Waals surface area contributed by atoms with Gasteiger partial charge in [-0.05, 0) is 31.1 Å². The highest BCUT2D eigenvalue weighted by Gasteiger charge is 2.49. The van der Waals surface area contributed by atoms with Crippen LogP contribution in [0.3, 0.4) is 0 Å². The molecule has 2 fully saturated rings. The lowest BCUT2D eigenvalue weighted by Gasteiger charge is -2.29. The van der Waals surface area contributed by atoms with Crippen molar-refractivity contribution in [2.45, 2.75) is 44.6 Å². The van der Waals surface area contributed by atoms with Gasteiger partial charge in [-0.15, -0.1) is 0 Å². The van der Waals surface area contributed by atoms with E-state index in [4.69, 9.17) is 5.73 Å². The summed E-state index contributed by atoms with van der Waals surface area (Å²) in [4.78, 5) is 13.7. The van der Waals surface area contributed by atoms with Gasteiger partial charge in [0.2, 0.25) is 5.91 Å². The predicted molar refractivity (Wildman–Crippen MR) is 60.2 cm³/mol. The first-order valence-electron chi connectivity index (χ1n) is 5.88. The Kier molecular flexibility index (Phi) is 2.98. The third kappa shape index (κ3) is 1.97. The zero-order valence-corrected chi connectivity index (χ0v) is 9.59. The molecule has 0 aromatic heterocycles. The minimum atomic E-state index is -1.45. The third-order valence-corrected chi connectivity index (χ3v) is 3.98. The van der Waals surface area contributed by atoms with Crippen molar-refractivity contribution < 1.29 is 14.8 Å². The Bertz CT molecular complexity index is 294. The number of nitrogens with zero attached hydrogens (tertiary/aromatic N) is 1. The standard InChI is InChI=1S/C10H19BN2O3/c1-10(4-5-10)8(12)9(14)13-6-2-3-7(13)11(15)16/h7-8,15-16H,2-6,12H2,1H3/t7-,8?/m0/s1. The molecule has 16 heavy (non-hydrogen) atoms. The molecule has 5 nitrogen and oxygen atoms in total. The summed E-state index contributed by atoms with van der Waals surface area (Å²) >= 11 is 0. The van der Waals surface area contributed by atoms with Crippen molar-refractivity contribution in [1.82, 2.24) is 4.90 Å². The molecule has 2 aliphatic rings. The minimum Gasteiger partial charge on any atom is -0.426 e. The fourth-order valence-corrected chi connectivity index (χ4v) is 2.36. The molecule has 1 amide bonds. The Morgan fingerprint density at radius 2 is 2.19 bits per heavy atom. The maximum Gasteiger partial charge on any atom is 0.475 e. The lowest BCUT2D eigenvalue weighted by atomic mass is 9.77. The maximum atomic E-state index is 12.1. The van der Waals surface area contributed by atoms with Crippen LogP contribution in [0.1, 0.15) is 32.6 Å². The molecule has 1 aliphatic carbocycles. The molecular weight excluding hydrogens is 207 g/mol. The zero-order valence-electron chi connectivity index (χ0n) is 9.59. The molecule has 0 aromatic carbocycles. The monoisotopic (exact) mass is 226 g/mol. The van der Waals surface area contributed by atoms with Gasteiger partial charge in [-0.1, -0.05) is 6.92 Å². The molecule has 2 atom stereocenters. The highest BCUT2D eigenvalue weighted by atomic mass is 16.4. The van der Waals surface area contributed by atoms with Gasteiger partial charge in [0.1, 0.15) is 0 Å². The van der Waals surface area contributed by atoms with Crippen LogP contribution < -0.4 is 5.73 Å². The van der Waals surface area contributed by atoms with E-state index in [9.17, 15) is 14.8 Å². The summed E-state index contributed by atoms with van der Waals surface area (Å²) in [5.74, 6) is -0.600. The zero-order chi connectivity index (χ0) is 11.9. The number of rotatable bonds is 3. The molecule has 1 unspecified atom stereocenters. The van der Waals surface area contributed by atoms with Crippen molar-refractivity contribution in [3.8, 4) is 0 Å². The van der Waals surface area contributed by atoms with Crippen molar-refractivity contribution in [1.29, 1.82) is 0 Å². The number of carbonyl (C=O) groups is 1. The van der Waals surface area contributed by atoms with Crippen LogP contribution in [-0.4, -0.2) is 46.5 Å². The summed E-state index contributed by atoms with van der Waals surface area (Å²) in [7, 11) is -1.45. The highest BCUT2D eigenvalue weighted by Crippen LogP contribution is 2.48. The van der Waals surface area contributed by atoms with Crippen molar-refractivity contribution in [3.63, 3.8) is 0 Å². The van der Waals surface area contributed by atoms with E-state index in [-0.39, 0.29) is 11.3 Å². The van der Waals surface area contributed by atoms with Gasteiger partial charge in [0.15, 0.2) is 0 Å². The van der Waals surface area contributed by atoms with E-state index in [0.717, 1.165) is 19.3 Å². The Morgan fingerprint density at radius 1 is 1.56 bits per heavy atom. The maximum absolute atomic E-state index is 12.1. The fraction of sp³-hybridized carbons (Fsp3) is 0.900. The Balaban J connectivity index is 2.03. The van der Waals surface area contributed by atoms with E-state index in [1.165, 1.54) is 0 Å². The smallest absolute Gasteiger partial charge is 0.426 e. The summed E-state index contributed by atoms with van der Waals surface area (Å²) in [6, 6.07) is -0.494. The number of amides is 1. The van der Waals surface area contributed by atoms with Crippen molar-refractivity contribution in [3.05, 3.63) is 0 Å². The Labute approximate surface area is 95.8 Å². The number of likely N-dealkylation sites (tertiary alicyclic amines) is 1. The molecule has 2 rings (SSSR count). The van der Waals surface area contributed by atoms with Gasteiger partial charge in [-0.2, -0.15) is 0 Å². The van der Waals surface area contributed by atoms with Crippen LogP contribution >= 0.6 is 0 Å². The SMILES string of the molecule is CC1(C(N)C(=O)N2CCC[C@H]2B(O)O)CC1. The largest absolute Gasteiger partial charge is 0.475 e. The molecule has 0 spiro atoms. The van der Waals surface area contributed by atoms with Gasteiger partial charge in [0.25, 0.3) is 0 Å². The van der Waals surface area contributed by atoms with Crippen molar-refractivity contribution in [2.24, 2.45) is 11.1 Å². The summed E-state index contributed by atoms with van der Waals surface area (Å²) in [5, 5.41) is 18.4. The van der Waals surface area contributed by atoms with Crippen LogP contribution in [0, 0.1) is 5.41 Å². The third-order valence-electron chi connectivity index (χ3n) is 3.98. The van der Waals surface area contributed by atoms with Crippen LogP contribution in [0.15, 0.2) is 0 Å². The van der Waals surface area contributed by atoms with Gasteiger partial charge in [0, 0.05) is 6.54 Å². The van der Waals surface area contributed by atoms with Gasteiger partial charge < -0.3 is 20.7 Å². The molecule has 6 heteroatoms. The molecule has 0 radical (unpaired) electrons. The topological polar surface area (TPSA) is 86.8 Å². The molecule has 1 saturated heterocycles. The predicted octanol–water partition coefficient (Wildman–Crippen LogP) is -0.883. The van der Waals surface area contributed by atoms with E-state index in [2.05, 4.69) is 0 Å². The van der Waals surface area contributed by atoms with Crippen LogP contribution in [0.4, 0.5) is 0 Å². The quantitative estimate of drug-likeness (QED) is 0.545. The lowest BCUT2D eigenvalue weighted by molar-refractivity contribution is -0.134. The number of carbonyl (C=O) groups excluding carboxylic acids is 1. The molecular formula is C10H19BN2O3. The van der Waals surface area contributed by atoms with Gasteiger partial charge >= 0.3 is 7.12 Å². The number of hydrogen-bond acceptors (Lipinski definition) is 4. The summed E-state index contributed by atoms with van der Waals surface area (Å²) in [6.07, 6.45) is 3.44. The van der Waals surface area contributed by atoms with Gasteiger partial charge in [-0.3, -0.25) is 4.79 Å². The van der Waals surface area contributed by atoms with E-state index in [0.29, 0.717) is 13.0 Å². The molecule has 1 heterocycles. The summed E-state index contributed by atoms with van der Waals surface area (Å²) < 4.78 is 0. The summed E-state index contributed by atoms with van der Waals surface area (Å²) in [6.45, 7) is 2.60. The first-order chi connectivity index (χ1) is 7.46. The average molecular weight is 226 g/mol. The highest BCUT2D eigenvalue weighted by molar-refractivity contribution is 6.43.